The average molecular weight is 362 g/mol. The largest absolute Gasteiger partial charge is 0.392 e. The van der Waals surface area contributed by atoms with Crippen molar-refractivity contribution < 1.29 is 5.11 Å². The van der Waals surface area contributed by atoms with Crippen molar-refractivity contribution in [1.82, 2.24) is 9.88 Å². The molecule has 0 spiro atoms. The minimum absolute atomic E-state index is 0.0431. The molecule has 1 fully saturated rings. The molecule has 27 heavy (non-hydrogen) atoms. The first-order valence-corrected chi connectivity index (χ1v) is 9.44. The molecular weight excluding hydrogens is 336 g/mol. The molecule has 3 aromatic rings. The Morgan fingerprint density at radius 2 is 1.78 bits per heavy atom. The summed E-state index contributed by atoms with van der Waals surface area (Å²) in [6.45, 7) is 6.34. The van der Waals surface area contributed by atoms with E-state index in [0.717, 1.165) is 59.6 Å². The van der Waals surface area contributed by atoms with Crippen molar-refractivity contribution in [2.45, 2.75) is 13.5 Å². The number of aryl methyl sites for hydroxylation is 1. The van der Waals surface area contributed by atoms with E-state index >= 15 is 0 Å². The summed E-state index contributed by atoms with van der Waals surface area (Å²) < 4.78 is 0. The summed E-state index contributed by atoms with van der Waals surface area (Å²) in [6, 6.07) is 14.7. The molecule has 1 aromatic heterocycles. The van der Waals surface area contributed by atoms with E-state index in [0.29, 0.717) is 0 Å². The maximum atomic E-state index is 9.77. The number of aliphatic hydroxyl groups excluding tert-OH is 1. The topological polar surface area (TPSA) is 51.6 Å². The van der Waals surface area contributed by atoms with Crippen LogP contribution in [-0.4, -0.2) is 48.2 Å². The van der Waals surface area contributed by atoms with E-state index in [2.05, 4.69) is 70.5 Å². The van der Waals surface area contributed by atoms with E-state index in [-0.39, 0.29) is 6.61 Å². The maximum absolute atomic E-state index is 9.77. The molecule has 0 radical (unpaired) electrons. The van der Waals surface area contributed by atoms with Gasteiger partial charge in [-0.15, -0.1) is 0 Å². The van der Waals surface area contributed by atoms with Gasteiger partial charge in [0.2, 0.25) is 0 Å². The van der Waals surface area contributed by atoms with Crippen molar-refractivity contribution in [2.75, 3.05) is 43.4 Å². The van der Waals surface area contributed by atoms with Crippen LogP contribution in [0.4, 0.5) is 17.1 Å². The lowest BCUT2D eigenvalue weighted by Gasteiger charge is -2.34. The van der Waals surface area contributed by atoms with Gasteiger partial charge in [0.25, 0.3) is 0 Å². The van der Waals surface area contributed by atoms with Gasteiger partial charge in [0.15, 0.2) is 0 Å². The highest BCUT2D eigenvalue weighted by atomic mass is 16.3. The van der Waals surface area contributed by atoms with Crippen LogP contribution in [0.25, 0.3) is 10.9 Å². The van der Waals surface area contributed by atoms with Gasteiger partial charge in [0, 0.05) is 54.7 Å². The zero-order valence-corrected chi connectivity index (χ0v) is 15.9. The van der Waals surface area contributed by atoms with Crippen LogP contribution in [-0.2, 0) is 6.61 Å². The summed E-state index contributed by atoms with van der Waals surface area (Å²) in [6.07, 6.45) is 1.76. The highest BCUT2D eigenvalue weighted by molar-refractivity contribution is 5.96. The Kier molecular flexibility index (Phi) is 4.97. The van der Waals surface area contributed by atoms with E-state index in [9.17, 15) is 5.11 Å². The van der Waals surface area contributed by atoms with Gasteiger partial charge >= 0.3 is 0 Å². The lowest BCUT2D eigenvalue weighted by atomic mass is 10.1. The van der Waals surface area contributed by atoms with Gasteiger partial charge in [-0.2, -0.15) is 0 Å². The van der Waals surface area contributed by atoms with E-state index in [1.165, 1.54) is 5.69 Å². The zero-order valence-electron chi connectivity index (χ0n) is 15.9. The number of pyridine rings is 1. The molecule has 0 atom stereocenters. The smallest absolute Gasteiger partial charge is 0.0752 e. The van der Waals surface area contributed by atoms with Gasteiger partial charge in [0.05, 0.1) is 17.8 Å². The number of aliphatic hydroxyl groups is 1. The standard InChI is InChI=1S/C22H26N4O/c1-16-4-3-5-20-21(16)23-14-17(15-27)22(20)24-18-6-8-19(9-7-18)26-12-10-25(2)11-13-26/h3-9,14,27H,10-13,15H2,1-2H3,(H,23,24). The van der Waals surface area contributed by atoms with Crippen molar-refractivity contribution in [3.8, 4) is 0 Å². The first-order chi connectivity index (χ1) is 13.2. The van der Waals surface area contributed by atoms with Gasteiger partial charge in [-0.3, -0.25) is 4.98 Å². The highest BCUT2D eigenvalue weighted by Gasteiger charge is 2.14. The first-order valence-electron chi connectivity index (χ1n) is 9.44. The molecule has 0 amide bonds. The molecule has 1 aliphatic heterocycles. The third kappa shape index (κ3) is 3.61. The van der Waals surface area contributed by atoms with E-state index in [1.54, 1.807) is 6.20 Å². The fourth-order valence-corrected chi connectivity index (χ4v) is 3.64. The minimum atomic E-state index is -0.0431. The summed E-state index contributed by atoms with van der Waals surface area (Å²) in [5, 5.41) is 14.3. The molecular formula is C22H26N4O. The number of hydrogen-bond acceptors (Lipinski definition) is 5. The average Bonchev–Trinajstić information content (AvgIpc) is 2.70. The number of anilines is 3. The number of aromatic nitrogens is 1. The summed E-state index contributed by atoms with van der Waals surface area (Å²) in [5.74, 6) is 0. The second kappa shape index (κ2) is 7.55. The summed E-state index contributed by atoms with van der Waals surface area (Å²) in [7, 11) is 2.17. The number of nitrogens with zero attached hydrogens (tertiary/aromatic N) is 3. The number of rotatable bonds is 4. The molecule has 4 rings (SSSR count). The van der Waals surface area contributed by atoms with E-state index in [4.69, 9.17) is 0 Å². The summed E-state index contributed by atoms with van der Waals surface area (Å²) >= 11 is 0. The predicted molar refractivity (Wildman–Crippen MR) is 112 cm³/mol. The molecule has 5 heteroatoms. The predicted octanol–water partition coefficient (Wildman–Crippen LogP) is 3.53. The second-order valence-corrected chi connectivity index (χ2v) is 7.25. The Morgan fingerprint density at radius 3 is 2.48 bits per heavy atom. The number of nitrogens with one attached hydrogen (secondary N) is 1. The van der Waals surface area contributed by atoms with Crippen LogP contribution < -0.4 is 10.2 Å². The number of hydrogen-bond donors (Lipinski definition) is 2. The number of benzene rings is 2. The molecule has 0 bridgehead atoms. The fraction of sp³-hybridized carbons (Fsp3) is 0.318. The molecule has 140 valence electrons. The Balaban J connectivity index is 1.61. The number of piperazine rings is 1. The van der Waals surface area contributed by atoms with Gasteiger partial charge in [-0.05, 0) is 43.8 Å². The molecule has 1 aliphatic rings. The quantitative estimate of drug-likeness (QED) is 0.744. The molecule has 0 aliphatic carbocycles. The summed E-state index contributed by atoms with van der Waals surface area (Å²) in [5.41, 5.74) is 6.09. The van der Waals surface area contributed by atoms with Crippen molar-refractivity contribution >= 4 is 28.0 Å². The van der Waals surface area contributed by atoms with Crippen LogP contribution in [0.15, 0.2) is 48.7 Å². The Bertz CT molecular complexity index is 931. The SMILES string of the molecule is Cc1cccc2c(Nc3ccc(N4CCN(C)CC4)cc3)c(CO)cnc12. The van der Waals surface area contributed by atoms with Gasteiger partial charge in [-0.25, -0.2) is 0 Å². The van der Waals surface area contributed by atoms with Crippen LogP contribution in [0.3, 0.4) is 0 Å². The van der Waals surface area contributed by atoms with Crippen LogP contribution in [0.5, 0.6) is 0 Å². The molecule has 1 saturated heterocycles. The Hall–Kier alpha value is -2.63. The van der Waals surface area contributed by atoms with Crippen LogP contribution in [0.1, 0.15) is 11.1 Å². The monoisotopic (exact) mass is 362 g/mol. The minimum Gasteiger partial charge on any atom is -0.392 e. The normalized spacial score (nSPS) is 15.3. The van der Waals surface area contributed by atoms with E-state index < -0.39 is 0 Å². The third-order valence-electron chi connectivity index (χ3n) is 5.35. The lowest BCUT2D eigenvalue weighted by molar-refractivity contribution is 0.282. The molecule has 2 heterocycles. The molecule has 2 aromatic carbocycles. The fourth-order valence-electron chi connectivity index (χ4n) is 3.64. The Morgan fingerprint density at radius 1 is 1.04 bits per heavy atom. The molecule has 2 N–H and O–H groups in total. The lowest BCUT2D eigenvalue weighted by Crippen LogP contribution is -2.44. The van der Waals surface area contributed by atoms with Crippen molar-refractivity contribution in [1.29, 1.82) is 0 Å². The first kappa shape index (κ1) is 17.8. The van der Waals surface area contributed by atoms with Gasteiger partial charge in [-0.1, -0.05) is 18.2 Å². The Labute approximate surface area is 160 Å². The number of fused-ring (bicyclic) bond motifs is 1. The number of para-hydroxylation sites is 1. The van der Waals surface area contributed by atoms with Gasteiger partial charge < -0.3 is 20.2 Å². The second-order valence-electron chi connectivity index (χ2n) is 7.25. The van der Waals surface area contributed by atoms with Crippen molar-refractivity contribution in [2.24, 2.45) is 0 Å². The van der Waals surface area contributed by atoms with E-state index in [1.807, 2.05) is 6.07 Å². The van der Waals surface area contributed by atoms with Crippen LogP contribution in [0.2, 0.25) is 0 Å². The third-order valence-corrected chi connectivity index (χ3v) is 5.35. The molecule has 0 saturated carbocycles. The molecule has 5 nitrogen and oxygen atoms in total. The van der Waals surface area contributed by atoms with Crippen LogP contribution >= 0.6 is 0 Å². The molecule has 0 unspecified atom stereocenters. The van der Waals surface area contributed by atoms with Crippen molar-refractivity contribution in [3.63, 3.8) is 0 Å². The summed E-state index contributed by atoms with van der Waals surface area (Å²) in [4.78, 5) is 9.31. The maximum Gasteiger partial charge on any atom is 0.0752 e. The zero-order chi connectivity index (χ0) is 18.8. The number of likely N-dealkylation sites (N-methyl/N-ethyl adjacent to an activating group) is 1. The van der Waals surface area contributed by atoms with Crippen molar-refractivity contribution in [3.05, 3.63) is 59.8 Å². The highest BCUT2D eigenvalue weighted by Crippen LogP contribution is 2.31. The van der Waals surface area contributed by atoms with Crippen LogP contribution in [0, 0.1) is 6.92 Å². The van der Waals surface area contributed by atoms with Gasteiger partial charge in [0.1, 0.15) is 0 Å².